The molecule has 2 aromatic rings. The molecule has 0 aliphatic heterocycles. The number of phenolic OH excluding ortho intramolecular Hbond substituents is 1. The lowest BCUT2D eigenvalue weighted by molar-refractivity contribution is 0.427. The normalized spacial score (nSPS) is 10.5. The van der Waals surface area contributed by atoms with Crippen molar-refractivity contribution in [2.75, 3.05) is 5.32 Å². The minimum Gasteiger partial charge on any atom is -0.505 e. The van der Waals surface area contributed by atoms with Crippen molar-refractivity contribution >= 4 is 5.69 Å². The second kappa shape index (κ2) is 6.23. The van der Waals surface area contributed by atoms with Gasteiger partial charge in [-0.05, 0) is 18.6 Å². The van der Waals surface area contributed by atoms with E-state index in [1.165, 1.54) is 12.1 Å². The van der Waals surface area contributed by atoms with Crippen LogP contribution in [-0.4, -0.2) is 9.67 Å². The van der Waals surface area contributed by atoms with E-state index in [1.807, 2.05) is 6.92 Å². The summed E-state index contributed by atoms with van der Waals surface area (Å²) in [7, 11) is 0. The fourth-order valence-electron chi connectivity index (χ4n) is 1.95. The number of anilines is 1. The van der Waals surface area contributed by atoms with Crippen LogP contribution in [0, 0.1) is 5.82 Å². The van der Waals surface area contributed by atoms with Crippen LogP contribution in [0.25, 0.3) is 0 Å². The molecule has 0 aliphatic carbocycles. The van der Waals surface area contributed by atoms with Gasteiger partial charge in [-0.25, -0.2) is 4.39 Å². The molecule has 2 rings (SSSR count). The molecule has 1 heterocycles. The van der Waals surface area contributed by atoms with E-state index in [4.69, 9.17) is 0 Å². The Morgan fingerprint density at radius 1 is 1.30 bits per heavy atom. The molecule has 1 aromatic carbocycles. The van der Waals surface area contributed by atoms with Crippen molar-refractivity contribution in [1.82, 2.24) is 4.57 Å². The maximum Gasteiger partial charge on any atom is 0.250 e. The number of halogens is 1. The number of phenols is 1. The average Bonchev–Trinajstić information content (AvgIpc) is 2.44. The maximum absolute atomic E-state index is 13.2. The number of para-hydroxylation sites is 1. The van der Waals surface area contributed by atoms with Gasteiger partial charge in [0.25, 0.3) is 5.56 Å². The minimum atomic E-state index is -0.639. The van der Waals surface area contributed by atoms with Crippen molar-refractivity contribution in [1.29, 1.82) is 0 Å². The first-order valence-electron chi connectivity index (χ1n) is 6.52. The summed E-state index contributed by atoms with van der Waals surface area (Å²) in [5.74, 6) is -0.984. The molecule has 0 bridgehead atoms. The Kier molecular flexibility index (Phi) is 4.40. The summed E-state index contributed by atoms with van der Waals surface area (Å²) in [6.07, 6.45) is 2.59. The lowest BCUT2D eigenvalue weighted by Gasteiger charge is -2.10. The summed E-state index contributed by atoms with van der Waals surface area (Å²) >= 11 is 0. The van der Waals surface area contributed by atoms with Gasteiger partial charge in [0.15, 0.2) is 11.6 Å². The number of nitrogens with zero attached hydrogens (tertiary/aromatic N) is 1. The number of hydrogen-bond acceptors (Lipinski definition) is 3. The SMILES string of the molecule is CCCn1cc(NCc2cccc(F)c2O)ccc1=O. The molecule has 0 aliphatic rings. The standard InChI is InChI=1S/C15H17FN2O2/c1-2-8-18-10-12(6-7-14(18)19)17-9-11-4-3-5-13(16)15(11)20/h3-7,10,17,20H,2,8-9H2,1H3. The number of hydrogen-bond donors (Lipinski definition) is 2. The van der Waals surface area contributed by atoms with Crippen LogP contribution < -0.4 is 10.9 Å². The van der Waals surface area contributed by atoms with E-state index in [0.29, 0.717) is 12.1 Å². The van der Waals surface area contributed by atoms with Crippen molar-refractivity contribution in [3.8, 4) is 5.75 Å². The fraction of sp³-hybridized carbons (Fsp3) is 0.267. The van der Waals surface area contributed by atoms with Gasteiger partial charge >= 0.3 is 0 Å². The van der Waals surface area contributed by atoms with Gasteiger partial charge in [-0.15, -0.1) is 0 Å². The molecule has 5 heteroatoms. The topological polar surface area (TPSA) is 54.3 Å². The van der Waals surface area contributed by atoms with Crippen molar-refractivity contribution < 1.29 is 9.50 Å². The Bertz CT molecular complexity index is 653. The summed E-state index contributed by atoms with van der Waals surface area (Å²) in [5, 5.41) is 12.7. The molecule has 0 spiro atoms. The first-order valence-corrected chi connectivity index (χ1v) is 6.52. The van der Waals surface area contributed by atoms with Crippen LogP contribution in [0.1, 0.15) is 18.9 Å². The van der Waals surface area contributed by atoms with E-state index in [9.17, 15) is 14.3 Å². The molecule has 0 saturated heterocycles. The van der Waals surface area contributed by atoms with Crippen LogP contribution in [-0.2, 0) is 13.1 Å². The number of nitrogens with one attached hydrogen (secondary N) is 1. The van der Waals surface area contributed by atoms with Crippen molar-refractivity contribution in [2.24, 2.45) is 0 Å². The summed E-state index contributed by atoms with van der Waals surface area (Å²) in [5.41, 5.74) is 1.17. The van der Waals surface area contributed by atoms with Crippen LogP contribution in [0.5, 0.6) is 5.75 Å². The van der Waals surface area contributed by atoms with Crippen LogP contribution in [0.3, 0.4) is 0 Å². The van der Waals surface area contributed by atoms with E-state index >= 15 is 0 Å². The third-order valence-corrected chi connectivity index (χ3v) is 3.00. The van der Waals surface area contributed by atoms with Gasteiger partial charge < -0.3 is 15.0 Å². The van der Waals surface area contributed by atoms with E-state index in [2.05, 4.69) is 5.32 Å². The number of aromatic hydroxyl groups is 1. The molecule has 0 atom stereocenters. The Labute approximate surface area is 116 Å². The molecule has 106 valence electrons. The molecule has 0 unspecified atom stereocenters. The first-order chi connectivity index (χ1) is 9.61. The number of pyridine rings is 1. The Balaban J connectivity index is 2.13. The predicted molar refractivity (Wildman–Crippen MR) is 76.4 cm³/mol. The second-order valence-electron chi connectivity index (χ2n) is 4.55. The predicted octanol–water partition coefficient (Wildman–Crippen LogP) is 2.72. The van der Waals surface area contributed by atoms with Gasteiger partial charge in [0.1, 0.15) is 0 Å². The average molecular weight is 276 g/mol. The minimum absolute atomic E-state index is 0.0500. The van der Waals surface area contributed by atoms with Gasteiger partial charge in [-0.1, -0.05) is 19.1 Å². The van der Waals surface area contributed by atoms with Crippen LogP contribution >= 0.6 is 0 Å². The Morgan fingerprint density at radius 3 is 2.85 bits per heavy atom. The highest BCUT2D eigenvalue weighted by atomic mass is 19.1. The largest absolute Gasteiger partial charge is 0.505 e. The quantitative estimate of drug-likeness (QED) is 0.883. The van der Waals surface area contributed by atoms with Crippen molar-refractivity contribution in [3.63, 3.8) is 0 Å². The zero-order valence-corrected chi connectivity index (χ0v) is 11.3. The third kappa shape index (κ3) is 3.17. The van der Waals surface area contributed by atoms with Crippen LogP contribution in [0.15, 0.2) is 41.3 Å². The fourth-order valence-corrected chi connectivity index (χ4v) is 1.95. The monoisotopic (exact) mass is 276 g/mol. The molecule has 1 aromatic heterocycles. The number of benzene rings is 1. The first kappa shape index (κ1) is 14.1. The molecule has 20 heavy (non-hydrogen) atoms. The molecule has 0 amide bonds. The molecule has 0 saturated carbocycles. The molecular weight excluding hydrogens is 259 g/mol. The van der Waals surface area contributed by atoms with Gasteiger partial charge in [0, 0.05) is 30.9 Å². The second-order valence-corrected chi connectivity index (χ2v) is 4.55. The number of aryl methyl sites for hydroxylation is 1. The van der Waals surface area contributed by atoms with Gasteiger partial charge in [-0.3, -0.25) is 4.79 Å². The lowest BCUT2D eigenvalue weighted by atomic mass is 10.2. The van der Waals surface area contributed by atoms with Crippen molar-refractivity contribution in [2.45, 2.75) is 26.4 Å². The molecular formula is C15H17FN2O2. The van der Waals surface area contributed by atoms with E-state index in [0.717, 1.165) is 12.1 Å². The third-order valence-electron chi connectivity index (χ3n) is 3.00. The highest BCUT2D eigenvalue weighted by Gasteiger charge is 2.06. The van der Waals surface area contributed by atoms with E-state index in [1.54, 1.807) is 29.0 Å². The maximum atomic E-state index is 13.2. The smallest absolute Gasteiger partial charge is 0.250 e. The van der Waals surface area contributed by atoms with Crippen LogP contribution in [0.2, 0.25) is 0 Å². The highest BCUT2D eigenvalue weighted by Crippen LogP contribution is 2.21. The van der Waals surface area contributed by atoms with Crippen LogP contribution in [0.4, 0.5) is 10.1 Å². The summed E-state index contributed by atoms with van der Waals surface area (Å²) in [6.45, 7) is 2.94. The van der Waals surface area contributed by atoms with Gasteiger partial charge in [0.05, 0.1) is 5.69 Å². The Hall–Kier alpha value is -2.30. The summed E-state index contributed by atoms with van der Waals surface area (Å²) in [6, 6.07) is 7.56. The summed E-state index contributed by atoms with van der Waals surface area (Å²) < 4.78 is 14.8. The zero-order valence-electron chi connectivity index (χ0n) is 11.3. The summed E-state index contributed by atoms with van der Waals surface area (Å²) in [4.78, 5) is 11.6. The molecule has 0 fully saturated rings. The number of rotatable bonds is 5. The number of aromatic nitrogens is 1. The highest BCUT2D eigenvalue weighted by molar-refractivity contribution is 5.43. The van der Waals surface area contributed by atoms with Crippen molar-refractivity contribution in [3.05, 3.63) is 58.3 Å². The van der Waals surface area contributed by atoms with Gasteiger partial charge in [-0.2, -0.15) is 0 Å². The zero-order chi connectivity index (χ0) is 14.5. The van der Waals surface area contributed by atoms with E-state index in [-0.39, 0.29) is 17.9 Å². The molecule has 0 radical (unpaired) electrons. The van der Waals surface area contributed by atoms with E-state index < -0.39 is 5.82 Å². The van der Waals surface area contributed by atoms with Gasteiger partial charge in [0.2, 0.25) is 0 Å². The molecule has 2 N–H and O–H groups in total. The Morgan fingerprint density at radius 2 is 2.10 bits per heavy atom. The lowest BCUT2D eigenvalue weighted by Crippen LogP contribution is -2.18. The molecule has 4 nitrogen and oxygen atoms in total.